The third-order valence-corrected chi connectivity index (χ3v) is 7.73. The first-order chi connectivity index (χ1) is 20.1. The Labute approximate surface area is 240 Å². The highest BCUT2D eigenvalue weighted by Crippen LogP contribution is 2.30. The standard InChI is InChI=1S/C32H36N6O3/c1-24-6-5-9-26(18-24)21-33-22-28-19-31(36-14-16-40-17-15-36)38-30(34-28)20-29(35-38)27-10-12-37(13-11-27)32(39)41-23-25-7-3-2-4-8-25/h2-9,18-21,27H,10-17,22-23H2,1H3. The summed E-state index contributed by atoms with van der Waals surface area (Å²) in [7, 11) is 0. The summed E-state index contributed by atoms with van der Waals surface area (Å²) in [5.74, 6) is 1.28. The smallest absolute Gasteiger partial charge is 0.410 e. The number of aromatic nitrogens is 3. The summed E-state index contributed by atoms with van der Waals surface area (Å²) >= 11 is 0. The number of carbonyl (C=O) groups is 1. The van der Waals surface area contributed by atoms with E-state index in [1.165, 1.54) is 5.56 Å². The fraction of sp³-hybridized carbons (Fsp3) is 0.375. The molecule has 0 unspecified atom stereocenters. The highest BCUT2D eigenvalue weighted by molar-refractivity contribution is 5.79. The summed E-state index contributed by atoms with van der Waals surface area (Å²) in [6.07, 6.45) is 3.33. The van der Waals surface area contributed by atoms with Crippen LogP contribution >= 0.6 is 0 Å². The van der Waals surface area contributed by atoms with Gasteiger partial charge in [0.25, 0.3) is 0 Å². The van der Waals surface area contributed by atoms with Gasteiger partial charge in [-0.05, 0) is 30.9 Å². The molecule has 6 rings (SSSR count). The number of anilines is 1. The fourth-order valence-electron chi connectivity index (χ4n) is 5.49. The molecule has 0 aliphatic carbocycles. The van der Waals surface area contributed by atoms with Gasteiger partial charge < -0.3 is 19.3 Å². The summed E-state index contributed by atoms with van der Waals surface area (Å²) in [5.41, 5.74) is 6.04. The van der Waals surface area contributed by atoms with Crippen molar-refractivity contribution in [2.45, 2.75) is 38.8 Å². The summed E-state index contributed by atoms with van der Waals surface area (Å²) in [4.78, 5) is 26.4. The third kappa shape index (κ3) is 6.57. The van der Waals surface area contributed by atoms with Crippen LogP contribution in [0.5, 0.6) is 0 Å². The number of hydrogen-bond acceptors (Lipinski definition) is 7. The lowest BCUT2D eigenvalue weighted by Crippen LogP contribution is -2.38. The maximum absolute atomic E-state index is 12.7. The van der Waals surface area contributed by atoms with Gasteiger partial charge in [-0.15, -0.1) is 0 Å². The zero-order valence-corrected chi connectivity index (χ0v) is 23.5. The average molecular weight is 553 g/mol. The molecule has 0 saturated carbocycles. The zero-order valence-electron chi connectivity index (χ0n) is 23.5. The molecule has 2 aliphatic heterocycles. The quantitative estimate of drug-likeness (QED) is 0.300. The van der Waals surface area contributed by atoms with Crippen molar-refractivity contribution in [1.29, 1.82) is 0 Å². The lowest BCUT2D eigenvalue weighted by molar-refractivity contribution is 0.0868. The summed E-state index contributed by atoms with van der Waals surface area (Å²) in [5, 5.41) is 5.03. The normalized spacial score (nSPS) is 16.5. The van der Waals surface area contributed by atoms with E-state index in [9.17, 15) is 4.79 Å². The van der Waals surface area contributed by atoms with Crippen LogP contribution in [-0.4, -0.2) is 71.2 Å². The van der Waals surface area contributed by atoms with Crippen LogP contribution in [0.1, 0.15) is 46.8 Å². The van der Waals surface area contributed by atoms with E-state index in [-0.39, 0.29) is 12.0 Å². The number of nitrogens with zero attached hydrogens (tertiary/aromatic N) is 6. The van der Waals surface area contributed by atoms with E-state index >= 15 is 0 Å². The Balaban J connectivity index is 1.16. The molecular formula is C32H36N6O3. The zero-order chi connectivity index (χ0) is 28.0. The summed E-state index contributed by atoms with van der Waals surface area (Å²) in [6.45, 7) is 7.16. The molecule has 2 aromatic heterocycles. The van der Waals surface area contributed by atoms with E-state index in [0.29, 0.717) is 39.5 Å². The maximum Gasteiger partial charge on any atom is 0.410 e. The number of hydrogen-bond donors (Lipinski definition) is 0. The molecule has 2 fully saturated rings. The van der Waals surface area contributed by atoms with E-state index in [0.717, 1.165) is 59.9 Å². The largest absolute Gasteiger partial charge is 0.445 e. The molecule has 2 aliphatic rings. The maximum atomic E-state index is 12.7. The predicted molar refractivity (Wildman–Crippen MR) is 159 cm³/mol. The molecule has 212 valence electrons. The lowest BCUT2D eigenvalue weighted by atomic mass is 9.94. The van der Waals surface area contributed by atoms with Gasteiger partial charge in [0.15, 0.2) is 5.65 Å². The van der Waals surface area contributed by atoms with Crippen LogP contribution < -0.4 is 4.90 Å². The Morgan fingerprint density at radius 1 is 1.02 bits per heavy atom. The summed E-state index contributed by atoms with van der Waals surface area (Å²) < 4.78 is 13.1. The van der Waals surface area contributed by atoms with Gasteiger partial charge in [-0.2, -0.15) is 9.61 Å². The van der Waals surface area contributed by atoms with Crippen LogP contribution in [0.3, 0.4) is 0 Å². The molecule has 2 saturated heterocycles. The second-order valence-electron chi connectivity index (χ2n) is 10.7. The number of ether oxygens (including phenoxy) is 2. The van der Waals surface area contributed by atoms with Crippen LogP contribution in [0.2, 0.25) is 0 Å². The fourth-order valence-corrected chi connectivity index (χ4v) is 5.49. The van der Waals surface area contributed by atoms with Crippen molar-refractivity contribution in [2.75, 3.05) is 44.3 Å². The molecule has 0 radical (unpaired) electrons. The Kier molecular flexibility index (Phi) is 8.23. The summed E-state index contributed by atoms with van der Waals surface area (Å²) in [6, 6.07) is 22.3. The van der Waals surface area contributed by atoms with Gasteiger partial charge in [-0.3, -0.25) is 4.99 Å². The molecular weight excluding hydrogens is 516 g/mol. The number of aliphatic imine (C=N–C) groups is 1. The van der Waals surface area contributed by atoms with Crippen LogP contribution in [0.25, 0.3) is 5.65 Å². The molecule has 1 amide bonds. The Morgan fingerprint density at radius 3 is 2.61 bits per heavy atom. The van der Waals surface area contributed by atoms with Crippen molar-refractivity contribution in [3.63, 3.8) is 0 Å². The number of benzene rings is 2. The Bertz CT molecular complexity index is 1500. The Morgan fingerprint density at radius 2 is 1.83 bits per heavy atom. The van der Waals surface area contributed by atoms with Crippen LogP contribution in [0.15, 0.2) is 71.7 Å². The second kappa shape index (κ2) is 12.5. The highest BCUT2D eigenvalue weighted by atomic mass is 16.6. The number of aryl methyl sites for hydroxylation is 1. The number of morpholine rings is 1. The predicted octanol–water partition coefficient (Wildman–Crippen LogP) is 5.01. The van der Waals surface area contributed by atoms with Gasteiger partial charge in [0.05, 0.1) is 31.1 Å². The van der Waals surface area contributed by atoms with E-state index in [1.54, 1.807) is 4.90 Å². The molecule has 4 aromatic rings. The minimum Gasteiger partial charge on any atom is -0.445 e. The van der Waals surface area contributed by atoms with Gasteiger partial charge in [0.1, 0.15) is 12.4 Å². The second-order valence-corrected chi connectivity index (χ2v) is 10.7. The van der Waals surface area contributed by atoms with E-state index in [2.05, 4.69) is 42.2 Å². The van der Waals surface area contributed by atoms with Crippen LogP contribution in [0.4, 0.5) is 10.6 Å². The highest BCUT2D eigenvalue weighted by Gasteiger charge is 2.27. The number of rotatable bonds is 7. The number of carbonyl (C=O) groups excluding carboxylic acids is 1. The minimum absolute atomic E-state index is 0.255. The van der Waals surface area contributed by atoms with Crippen LogP contribution in [-0.2, 0) is 22.6 Å². The van der Waals surface area contributed by atoms with Gasteiger partial charge in [0.2, 0.25) is 0 Å². The third-order valence-electron chi connectivity index (χ3n) is 7.73. The van der Waals surface area contributed by atoms with Gasteiger partial charge in [-0.1, -0.05) is 60.2 Å². The van der Waals surface area contributed by atoms with Crippen molar-refractivity contribution in [2.24, 2.45) is 4.99 Å². The van der Waals surface area contributed by atoms with Crippen molar-refractivity contribution in [1.82, 2.24) is 19.5 Å². The first kappa shape index (κ1) is 27.0. The Hall–Kier alpha value is -4.24. The first-order valence-electron chi connectivity index (χ1n) is 14.4. The number of fused-ring (bicyclic) bond motifs is 1. The molecule has 0 bridgehead atoms. The number of amides is 1. The lowest BCUT2D eigenvalue weighted by Gasteiger charge is -2.30. The number of piperidine rings is 1. The average Bonchev–Trinajstić information content (AvgIpc) is 3.45. The van der Waals surface area contributed by atoms with Crippen molar-refractivity contribution in [3.05, 3.63) is 94.8 Å². The van der Waals surface area contributed by atoms with E-state index in [4.69, 9.17) is 24.5 Å². The van der Waals surface area contributed by atoms with Crippen molar-refractivity contribution < 1.29 is 14.3 Å². The number of likely N-dealkylation sites (tertiary alicyclic amines) is 1. The molecule has 2 aromatic carbocycles. The van der Waals surface area contributed by atoms with Gasteiger partial charge in [0, 0.05) is 50.4 Å². The first-order valence-corrected chi connectivity index (χ1v) is 14.4. The molecule has 0 N–H and O–H groups in total. The van der Waals surface area contributed by atoms with Gasteiger partial charge in [-0.25, -0.2) is 9.78 Å². The van der Waals surface area contributed by atoms with Crippen molar-refractivity contribution in [3.8, 4) is 0 Å². The topological polar surface area (TPSA) is 84.6 Å². The van der Waals surface area contributed by atoms with Gasteiger partial charge >= 0.3 is 6.09 Å². The minimum atomic E-state index is -0.255. The van der Waals surface area contributed by atoms with Crippen LogP contribution in [0, 0.1) is 6.92 Å². The van der Waals surface area contributed by atoms with E-state index in [1.807, 2.05) is 47.1 Å². The van der Waals surface area contributed by atoms with Crippen molar-refractivity contribution >= 4 is 23.8 Å². The monoisotopic (exact) mass is 552 g/mol. The molecule has 0 atom stereocenters. The molecule has 4 heterocycles. The molecule has 9 nitrogen and oxygen atoms in total. The molecule has 0 spiro atoms. The molecule has 41 heavy (non-hydrogen) atoms. The molecule has 9 heteroatoms. The SMILES string of the molecule is Cc1cccc(C=NCc2cc(N3CCOCC3)n3nc(C4CCN(C(=O)OCc5ccccc5)CC4)cc3n2)c1. The van der Waals surface area contributed by atoms with E-state index < -0.39 is 0 Å².